The van der Waals surface area contributed by atoms with Gasteiger partial charge in [0, 0.05) is 55.6 Å². The molecule has 2 fully saturated rings. The molecule has 2 saturated heterocycles. The molecule has 0 aliphatic carbocycles. The van der Waals surface area contributed by atoms with Crippen LogP contribution in [0.4, 0.5) is 0 Å². The summed E-state index contributed by atoms with van der Waals surface area (Å²) in [5.74, 6) is 0.317. The molecule has 2 aromatic heterocycles. The van der Waals surface area contributed by atoms with Gasteiger partial charge in [-0.25, -0.2) is 4.98 Å². The van der Waals surface area contributed by atoms with Crippen LogP contribution in [0.25, 0.3) is 16.9 Å². The molecule has 0 bridgehead atoms. The molecule has 0 saturated carbocycles. The van der Waals surface area contributed by atoms with E-state index in [-0.39, 0.29) is 11.8 Å². The monoisotopic (exact) mass is 468 g/mol. The molecule has 2 aliphatic rings. The molecule has 6 nitrogen and oxygen atoms in total. The van der Waals surface area contributed by atoms with E-state index in [1.54, 1.807) is 0 Å². The Morgan fingerprint density at radius 3 is 2.63 bits per heavy atom. The van der Waals surface area contributed by atoms with Gasteiger partial charge >= 0.3 is 0 Å². The Morgan fingerprint density at radius 1 is 1.10 bits per heavy atom. The van der Waals surface area contributed by atoms with Crippen LogP contribution in [0.3, 0.4) is 0 Å². The number of carbonyl (C=O) groups is 1. The molecule has 1 aromatic carbocycles. The fraction of sp³-hybridized carbons (Fsp3) is 0.391. The summed E-state index contributed by atoms with van der Waals surface area (Å²) in [6, 6.07) is 14.4. The summed E-state index contributed by atoms with van der Waals surface area (Å²) in [4.78, 5) is 22.0. The minimum Gasteiger partial charge on any atom is -0.381 e. The highest BCUT2D eigenvalue weighted by atomic mass is 79.9. The maximum Gasteiger partial charge on any atom is 0.228 e. The van der Waals surface area contributed by atoms with Crippen LogP contribution in [0.1, 0.15) is 12.1 Å². The summed E-state index contributed by atoms with van der Waals surface area (Å²) in [7, 11) is 0. The van der Waals surface area contributed by atoms with Crippen molar-refractivity contribution in [1.29, 1.82) is 0 Å². The lowest BCUT2D eigenvalue weighted by atomic mass is 10.1. The van der Waals surface area contributed by atoms with E-state index in [2.05, 4.69) is 55.7 Å². The van der Waals surface area contributed by atoms with Crippen LogP contribution in [0.2, 0.25) is 0 Å². The molecule has 0 spiro atoms. The molecule has 1 amide bonds. The summed E-state index contributed by atoms with van der Waals surface area (Å²) < 4.78 is 8.64. The molecule has 4 heterocycles. The molecule has 7 heteroatoms. The topological polar surface area (TPSA) is 50.1 Å². The summed E-state index contributed by atoms with van der Waals surface area (Å²) >= 11 is 3.52. The lowest BCUT2D eigenvalue weighted by Crippen LogP contribution is -2.50. The first-order valence-electron chi connectivity index (χ1n) is 10.5. The lowest BCUT2D eigenvalue weighted by Gasteiger charge is -2.35. The Balaban J connectivity index is 1.35. The number of piperazine rings is 1. The first kappa shape index (κ1) is 19.7. The number of fused-ring (bicyclic) bond motifs is 1. The van der Waals surface area contributed by atoms with Crippen LogP contribution in [0.5, 0.6) is 0 Å². The molecule has 30 heavy (non-hydrogen) atoms. The second kappa shape index (κ2) is 8.49. The van der Waals surface area contributed by atoms with E-state index >= 15 is 0 Å². The second-order valence-electron chi connectivity index (χ2n) is 8.00. The number of hydrogen-bond donors (Lipinski definition) is 0. The van der Waals surface area contributed by atoms with E-state index in [9.17, 15) is 4.79 Å². The Bertz CT molecular complexity index is 1040. The first-order chi connectivity index (χ1) is 14.7. The number of aromatic nitrogens is 2. The molecule has 3 aromatic rings. The van der Waals surface area contributed by atoms with Crippen LogP contribution < -0.4 is 0 Å². The summed E-state index contributed by atoms with van der Waals surface area (Å²) in [5.41, 5.74) is 4.29. The highest BCUT2D eigenvalue weighted by molar-refractivity contribution is 9.10. The third-order valence-electron chi connectivity index (χ3n) is 6.08. The minimum atomic E-state index is 0.0549. The average Bonchev–Trinajstić information content (AvgIpc) is 3.43. The third-order valence-corrected chi connectivity index (χ3v) is 6.61. The lowest BCUT2D eigenvalue weighted by molar-refractivity contribution is -0.137. The van der Waals surface area contributed by atoms with Crippen molar-refractivity contribution in [3.8, 4) is 11.3 Å². The summed E-state index contributed by atoms with van der Waals surface area (Å²) in [6.07, 6.45) is 2.94. The van der Waals surface area contributed by atoms with Gasteiger partial charge in [0.2, 0.25) is 5.91 Å². The van der Waals surface area contributed by atoms with Gasteiger partial charge in [0.05, 0.1) is 23.9 Å². The Labute approximate surface area is 184 Å². The standard InChI is InChI=1S/C23H25BrN4O2/c24-19-6-4-17(5-7-19)22-20(28-9-2-1-3-21(28)25-22)15-26-10-12-27(13-11-26)23(29)18-8-14-30-16-18/h1-7,9,18H,8,10-16H2. The van der Waals surface area contributed by atoms with Crippen molar-refractivity contribution in [3.63, 3.8) is 0 Å². The molecular formula is C23H25BrN4O2. The zero-order valence-corrected chi connectivity index (χ0v) is 18.4. The van der Waals surface area contributed by atoms with Crippen molar-refractivity contribution in [2.75, 3.05) is 39.4 Å². The van der Waals surface area contributed by atoms with Crippen molar-refractivity contribution in [2.24, 2.45) is 5.92 Å². The Kier molecular flexibility index (Phi) is 5.58. The molecule has 156 valence electrons. The maximum absolute atomic E-state index is 12.7. The SMILES string of the molecule is O=C(C1CCOC1)N1CCN(Cc2c(-c3ccc(Br)cc3)nc3ccccn23)CC1. The largest absolute Gasteiger partial charge is 0.381 e. The molecule has 0 radical (unpaired) electrons. The number of pyridine rings is 1. The number of nitrogens with zero attached hydrogens (tertiary/aromatic N) is 4. The van der Waals surface area contributed by atoms with Gasteiger partial charge in [-0.1, -0.05) is 34.1 Å². The number of ether oxygens (including phenoxy) is 1. The van der Waals surface area contributed by atoms with E-state index in [4.69, 9.17) is 9.72 Å². The average molecular weight is 469 g/mol. The fourth-order valence-electron chi connectivity index (χ4n) is 4.36. The zero-order chi connectivity index (χ0) is 20.5. The molecule has 2 aliphatic heterocycles. The van der Waals surface area contributed by atoms with Crippen LogP contribution in [-0.4, -0.2) is 64.5 Å². The van der Waals surface area contributed by atoms with Gasteiger partial charge in [-0.15, -0.1) is 0 Å². The summed E-state index contributed by atoms with van der Waals surface area (Å²) in [6.45, 7) is 5.41. The van der Waals surface area contributed by atoms with Gasteiger partial charge in [-0.2, -0.15) is 0 Å². The smallest absolute Gasteiger partial charge is 0.228 e. The van der Waals surface area contributed by atoms with Gasteiger partial charge in [0.1, 0.15) is 5.65 Å². The molecule has 0 N–H and O–H groups in total. The fourth-order valence-corrected chi connectivity index (χ4v) is 4.63. The number of imidazole rings is 1. The van der Waals surface area contributed by atoms with Crippen molar-refractivity contribution < 1.29 is 9.53 Å². The van der Waals surface area contributed by atoms with Crippen molar-refractivity contribution >= 4 is 27.5 Å². The van der Waals surface area contributed by atoms with Crippen LogP contribution >= 0.6 is 15.9 Å². The third kappa shape index (κ3) is 3.89. The normalized spacial score (nSPS) is 20.2. The van der Waals surface area contributed by atoms with E-state index in [0.717, 1.165) is 60.5 Å². The van der Waals surface area contributed by atoms with E-state index in [1.807, 2.05) is 23.1 Å². The highest BCUT2D eigenvalue weighted by Gasteiger charge is 2.30. The first-order valence-corrected chi connectivity index (χ1v) is 11.3. The number of benzene rings is 1. The van der Waals surface area contributed by atoms with Gasteiger partial charge < -0.3 is 14.0 Å². The van der Waals surface area contributed by atoms with Crippen LogP contribution in [0.15, 0.2) is 53.1 Å². The number of hydrogen-bond acceptors (Lipinski definition) is 4. The number of amides is 1. The summed E-state index contributed by atoms with van der Waals surface area (Å²) in [5, 5.41) is 0. The van der Waals surface area contributed by atoms with Crippen molar-refractivity contribution in [1.82, 2.24) is 19.2 Å². The zero-order valence-electron chi connectivity index (χ0n) is 16.8. The van der Waals surface area contributed by atoms with Crippen molar-refractivity contribution in [3.05, 3.63) is 58.8 Å². The predicted octanol–water partition coefficient (Wildman–Crippen LogP) is 3.44. The van der Waals surface area contributed by atoms with E-state index in [0.29, 0.717) is 13.2 Å². The maximum atomic E-state index is 12.7. The molecule has 5 rings (SSSR count). The number of halogens is 1. The quantitative estimate of drug-likeness (QED) is 0.588. The van der Waals surface area contributed by atoms with Crippen LogP contribution in [0, 0.1) is 5.92 Å². The highest BCUT2D eigenvalue weighted by Crippen LogP contribution is 2.27. The Hall–Kier alpha value is -2.22. The van der Waals surface area contributed by atoms with E-state index in [1.165, 1.54) is 5.69 Å². The van der Waals surface area contributed by atoms with Gasteiger partial charge in [0.25, 0.3) is 0 Å². The van der Waals surface area contributed by atoms with Crippen LogP contribution in [-0.2, 0) is 16.1 Å². The molecule has 1 atom stereocenters. The minimum absolute atomic E-state index is 0.0549. The van der Waals surface area contributed by atoms with Gasteiger partial charge in [0.15, 0.2) is 0 Å². The molecule has 1 unspecified atom stereocenters. The van der Waals surface area contributed by atoms with Gasteiger partial charge in [-0.05, 0) is 30.7 Å². The molecular weight excluding hydrogens is 444 g/mol. The van der Waals surface area contributed by atoms with Gasteiger partial charge in [-0.3, -0.25) is 9.69 Å². The predicted molar refractivity (Wildman–Crippen MR) is 119 cm³/mol. The van der Waals surface area contributed by atoms with Crippen molar-refractivity contribution in [2.45, 2.75) is 13.0 Å². The number of carbonyl (C=O) groups excluding carboxylic acids is 1. The van der Waals surface area contributed by atoms with E-state index < -0.39 is 0 Å². The number of rotatable bonds is 4. The second-order valence-corrected chi connectivity index (χ2v) is 8.92. The Morgan fingerprint density at radius 2 is 1.90 bits per heavy atom.